The zero-order valence-electron chi connectivity index (χ0n) is 38.4. The first-order chi connectivity index (χ1) is 32.4. The topological polar surface area (TPSA) is 53.1 Å². The van der Waals surface area contributed by atoms with E-state index in [1.165, 1.54) is 33.0 Å². The Morgan fingerprint density at radius 2 is 1.28 bits per heavy atom. The van der Waals surface area contributed by atoms with E-state index in [2.05, 4.69) is 207 Å². The minimum absolute atomic E-state index is 0.0435. The lowest BCUT2D eigenvalue weighted by atomic mass is 9.84. The second kappa shape index (κ2) is 14.9. The van der Waals surface area contributed by atoms with Gasteiger partial charge in [-0.2, -0.15) is 0 Å². The number of furan rings is 1. The Morgan fingerprint density at radius 1 is 0.537 bits per heavy atom. The third-order valence-electron chi connectivity index (χ3n) is 13.6. The molecule has 12 aromatic rings. The first-order valence-electron chi connectivity index (χ1n) is 22.9. The number of benzene rings is 8. The maximum absolute atomic E-state index is 7.90. The van der Waals surface area contributed by atoms with E-state index < -0.39 is 0 Å². The first kappa shape index (κ1) is 40.3. The molecule has 322 valence electrons. The Bertz CT molecular complexity index is 4010. The van der Waals surface area contributed by atoms with Gasteiger partial charge in [0, 0.05) is 45.5 Å². The predicted octanol–water partition coefficient (Wildman–Crippen LogP) is 16.7. The molecule has 0 saturated carbocycles. The van der Waals surface area contributed by atoms with Crippen molar-refractivity contribution >= 4 is 71.0 Å². The number of fused-ring (bicyclic) bond motifs is 10. The normalized spacial score (nSPS) is 12.3. The highest BCUT2D eigenvalue weighted by Gasteiger charge is 2.27. The third kappa shape index (κ3) is 6.45. The van der Waals surface area contributed by atoms with E-state index in [4.69, 9.17) is 21.0 Å². The SMILES string of the molecule is [C-]#[N+]c1ccc2c(c1)oc1c(-c3nccn3-c3ccc(-c4ccccc4)cc3C(C)(C)C)cc3c(-c4ccc5c6ccccc6n(-c6cc(C(C)(C)C)ccn6)c5c4)cc4ccccc4c3c12. The number of imidazole rings is 1. The Labute approximate surface area is 389 Å². The van der Waals surface area contributed by atoms with E-state index in [1.807, 2.05) is 24.5 Å². The summed E-state index contributed by atoms with van der Waals surface area (Å²) in [5.41, 5.74) is 12.8. The summed E-state index contributed by atoms with van der Waals surface area (Å²) < 4.78 is 11.5. The lowest BCUT2D eigenvalue weighted by molar-refractivity contribution is 0.586. The van der Waals surface area contributed by atoms with Crippen LogP contribution in [0.25, 0.3) is 115 Å². The standard InChI is InChI=1S/C61H47N5O/c1-60(2,3)41-27-28-63-55(34-41)66-51-20-14-13-19-44(51)45-24-21-40(33-53(45)66)47-31-39-17-11-12-18-43(39)56-48(47)36-49(58-57(56)46-25-23-42(62-7)35-54(46)67-58)59-64-29-30-65(59)52-26-22-38(32-50(52)61(4,5)6)37-15-9-8-10-16-37/h8-36H,1-6H3. The molecular weight excluding hydrogens is 819 g/mol. The molecule has 0 aliphatic heterocycles. The van der Waals surface area contributed by atoms with Gasteiger partial charge in [-0.15, -0.1) is 0 Å². The molecule has 6 heteroatoms. The lowest BCUT2D eigenvalue weighted by Gasteiger charge is -2.25. The van der Waals surface area contributed by atoms with E-state index in [1.54, 1.807) is 0 Å². The van der Waals surface area contributed by atoms with Gasteiger partial charge in [-0.05, 0) is 115 Å². The van der Waals surface area contributed by atoms with Crippen molar-refractivity contribution in [2.24, 2.45) is 0 Å². The summed E-state index contributed by atoms with van der Waals surface area (Å²) in [6.45, 7) is 21.4. The van der Waals surface area contributed by atoms with Gasteiger partial charge >= 0.3 is 0 Å². The van der Waals surface area contributed by atoms with E-state index in [0.717, 1.165) is 83.0 Å². The van der Waals surface area contributed by atoms with Crippen LogP contribution in [0, 0.1) is 6.57 Å². The third-order valence-corrected chi connectivity index (χ3v) is 13.6. The van der Waals surface area contributed by atoms with Gasteiger partial charge in [0.1, 0.15) is 22.8 Å². The summed E-state index contributed by atoms with van der Waals surface area (Å²) in [6, 6.07) is 56.3. The van der Waals surface area contributed by atoms with Gasteiger partial charge in [-0.3, -0.25) is 9.13 Å². The lowest BCUT2D eigenvalue weighted by Crippen LogP contribution is -2.15. The number of aromatic nitrogens is 4. The van der Waals surface area contributed by atoms with Crippen molar-refractivity contribution in [2.75, 3.05) is 0 Å². The molecular formula is C61H47N5O. The van der Waals surface area contributed by atoms with Crippen LogP contribution in [0.1, 0.15) is 52.7 Å². The number of rotatable bonds is 5. The van der Waals surface area contributed by atoms with Gasteiger partial charge in [0.25, 0.3) is 0 Å². The van der Waals surface area contributed by atoms with Crippen LogP contribution >= 0.6 is 0 Å². The summed E-state index contributed by atoms with van der Waals surface area (Å²) in [7, 11) is 0. The molecule has 0 saturated heterocycles. The van der Waals surface area contributed by atoms with Gasteiger partial charge in [0.15, 0.2) is 5.69 Å². The van der Waals surface area contributed by atoms with Crippen LogP contribution in [-0.2, 0) is 10.8 Å². The fraction of sp³-hybridized carbons (Fsp3) is 0.131. The second-order valence-electron chi connectivity index (χ2n) is 19.8. The van der Waals surface area contributed by atoms with Crippen molar-refractivity contribution in [2.45, 2.75) is 52.4 Å². The second-order valence-corrected chi connectivity index (χ2v) is 19.8. The van der Waals surface area contributed by atoms with Crippen LogP contribution in [0.15, 0.2) is 181 Å². The number of para-hydroxylation sites is 1. The van der Waals surface area contributed by atoms with Crippen LogP contribution in [0.4, 0.5) is 5.69 Å². The smallest absolute Gasteiger partial charge is 0.190 e. The van der Waals surface area contributed by atoms with Crippen LogP contribution in [0.3, 0.4) is 0 Å². The fourth-order valence-corrected chi connectivity index (χ4v) is 10.2. The largest absolute Gasteiger partial charge is 0.457 e. The van der Waals surface area contributed by atoms with E-state index >= 15 is 0 Å². The molecule has 67 heavy (non-hydrogen) atoms. The molecule has 0 aliphatic carbocycles. The minimum atomic E-state index is -0.188. The van der Waals surface area contributed by atoms with Crippen LogP contribution in [0.5, 0.6) is 0 Å². The summed E-state index contributed by atoms with van der Waals surface area (Å²) in [6.07, 6.45) is 5.89. The molecule has 0 fully saturated rings. The predicted molar refractivity (Wildman–Crippen MR) is 278 cm³/mol. The molecule has 8 aromatic carbocycles. The van der Waals surface area contributed by atoms with Gasteiger partial charge in [-0.1, -0.05) is 145 Å². The average molecular weight is 866 g/mol. The van der Waals surface area contributed by atoms with Crippen molar-refractivity contribution in [3.63, 3.8) is 0 Å². The van der Waals surface area contributed by atoms with Gasteiger partial charge < -0.3 is 4.42 Å². The Kier molecular flexibility index (Phi) is 8.94. The van der Waals surface area contributed by atoms with E-state index in [-0.39, 0.29) is 10.8 Å². The van der Waals surface area contributed by atoms with E-state index in [0.29, 0.717) is 11.3 Å². The summed E-state index contributed by atoms with van der Waals surface area (Å²) in [4.78, 5) is 14.0. The Balaban J connectivity index is 1.17. The molecule has 6 nitrogen and oxygen atoms in total. The molecule has 0 radical (unpaired) electrons. The minimum Gasteiger partial charge on any atom is -0.457 e. The molecule has 0 N–H and O–H groups in total. The van der Waals surface area contributed by atoms with Crippen molar-refractivity contribution in [3.05, 3.63) is 199 Å². The Morgan fingerprint density at radius 3 is 2.09 bits per heavy atom. The highest BCUT2D eigenvalue weighted by molar-refractivity contribution is 6.31. The highest BCUT2D eigenvalue weighted by Crippen LogP contribution is 2.48. The molecule has 12 rings (SSSR count). The van der Waals surface area contributed by atoms with Gasteiger partial charge in [-0.25, -0.2) is 14.8 Å². The number of hydrogen-bond donors (Lipinski definition) is 0. The summed E-state index contributed by atoms with van der Waals surface area (Å²) >= 11 is 0. The highest BCUT2D eigenvalue weighted by atomic mass is 16.3. The van der Waals surface area contributed by atoms with Crippen molar-refractivity contribution in [1.82, 2.24) is 19.1 Å². The number of hydrogen-bond acceptors (Lipinski definition) is 3. The molecule has 0 spiro atoms. The first-order valence-corrected chi connectivity index (χ1v) is 22.9. The molecule has 4 aromatic heterocycles. The maximum atomic E-state index is 7.90. The molecule has 0 bridgehead atoms. The van der Waals surface area contributed by atoms with Crippen molar-refractivity contribution in [3.8, 4) is 45.1 Å². The van der Waals surface area contributed by atoms with E-state index in [9.17, 15) is 0 Å². The van der Waals surface area contributed by atoms with Crippen molar-refractivity contribution in [1.29, 1.82) is 0 Å². The zero-order valence-corrected chi connectivity index (χ0v) is 38.4. The zero-order chi connectivity index (χ0) is 45.8. The molecule has 0 atom stereocenters. The monoisotopic (exact) mass is 865 g/mol. The molecule has 4 heterocycles. The average Bonchev–Trinajstić information content (AvgIpc) is 4.07. The van der Waals surface area contributed by atoms with Crippen molar-refractivity contribution < 1.29 is 4.42 Å². The summed E-state index contributed by atoms with van der Waals surface area (Å²) in [5, 5.41) is 8.74. The maximum Gasteiger partial charge on any atom is 0.190 e. The molecule has 0 amide bonds. The number of pyridine rings is 1. The fourth-order valence-electron chi connectivity index (χ4n) is 10.2. The Hall–Kier alpha value is -8.27. The van der Waals surface area contributed by atoms with Gasteiger partial charge in [0.05, 0.1) is 28.9 Å². The van der Waals surface area contributed by atoms with Gasteiger partial charge in [0.2, 0.25) is 0 Å². The van der Waals surface area contributed by atoms with Crippen LogP contribution < -0.4 is 0 Å². The summed E-state index contributed by atoms with van der Waals surface area (Å²) in [5.74, 6) is 1.67. The molecule has 0 aliphatic rings. The molecule has 0 unspecified atom stereocenters. The quantitative estimate of drug-likeness (QED) is 0.128. The van der Waals surface area contributed by atoms with Crippen LogP contribution in [-0.4, -0.2) is 19.1 Å². The number of nitrogens with zero attached hydrogens (tertiary/aromatic N) is 5. The van der Waals surface area contributed by atoms with Crippen LogP contribution in [0.2, 0.25) is 0 Å².